The summed E-state index contributed by atoms with van der Waals surface area (Å²) < 4.78 is 0. The quantitative estimate of drug-likeness (QED) is 0.856. The summed E-state index contributed by atoms with van der Waals surface area (Å²) in [4.78, 5) is 7.05. The number of nitrogens with zero attached hydrogens (tertiary/aromatic N) is 1. The molecule has 2 aromatic rings. The van der Waals surface area contributed by atoms with Crippen LogP contribution in [0.15, 0.2) is 36.8 Å². The molecule has 1 aromatic carbocycles. The van der Waals surface area contributed by atoms with Crippen molar-refractivity contribution in [3.8, 4) is 0 Å². The lowest BCUT2D eigenvalue weighted by Crippen LogP contribution is -2.27. The van der Waals surface area contributed by atoms with E-state index < -0.39 is 0 Å². The van der Waals surface area contributed by atoms with Gasteiger partial charge in [0.2, 0.25) is 0 Å². The summed E-state index contributed by atoms with van der Waals surface area (Å²) in [5.74, 6) is 0. The van der Waals surface area contributed by atoms with Gasteiger partial charge in [-0.1, -0.05) is 23.7 Å². The molecule has 0 saturated carbocycles. The van der Waals surface area contributed by atoms with Gasteiger partial charge in [-0.25, -0.2) is 4.98 Å². The monoisotopic (exact) mass is 249 g/mol. The van der Waals surface area contributed by atoms with Crippen molar-refractivity contribution in [3.05, 3.63) is 53.1 Å². The molecule has 1 atom stereocenters. The number of rotatable bonds is 5. The lowest BCUT2D eigenvalue weighted by molar-refractivity contribution is 0.541. The van der Waals surface area contributed by atoms with Gasteiger partial charge < -0.3 is 10.3 Å². The highest BCUT2D eigenvalue weighted by molar-refractivity contribution is 6.30. The predicted molar refractivity (Wildman–Crippen MR) is 70.0 cm³/mol. The highest BCUT2D eigenvalue weighted by Gasteiger charge is 2.04. The zero-order chi connectivity index (χ0) is 12.1. The molecule has 2 rings (SSSR count). The van der Waals surface area contributed by atoms with Gasteiger partial charge in [0, 0.05) is 29.5 Å². The largest absolute Gasteiger partial charge is 0.347 e. The van der Waals surface area contributed by atoms with Crippen molar-refractivity contribution >= 4 is 11.6 Å². The lowest BCUT2D eigenvalue weighted by atomic mass is 10.1. The second-order valence-corrected chi connectivity index (χ2v) is 4.63. The molecule has 0 amide bonds. The van der Waals surface area contributed by atoms with Crippen LogP contribution in [0.25, 0.3) is 0 Å². The van der Waals surface area contributed by atoms with Crippen LogP contribution in [-0.2, 0) is 13.0 Å². The second kappa shape index (κ2) is 5.84. The number of aromatic nitrogens is 2. The van der Waals surface area contributed by atoms with E-state index >= 15 is 0 Å². The molecule has 0 aliphatic heterocycles. The van der Waals surface area contributed by atoms with Crippen LogP contribution in [-0.4, -0.2) is 16.0 Å². The van der Waals surface area contributed by atoms with Crippen LogP contribution < -0.4 is 5.32 Å². The van der Waals surface area contributed by atoms with Crippen molar-refractivity contribution < 1.29 is 0 Å². The van der Waals surface area contributed by atoms with E-state index in [9.17, 15) is 0 Å². The minimum Gasteiger partial charge on any atom is -0.347 e. The van der Waals surface area contributed by atoms with Crippen LogP contribution in [0.2, 0.25) is 5.02 Å². The summed E-state index contributed by atoms with van der Waals surface area (Å²) >= 11 is 5.95. The molecule has 0 aliphatic rings. The smallest absolute Gasteiger partial charge is 0.0922 e. The van der Waals surface area contributed by atoms with E-state index in [4.69, 9.17) is 11.6 Å². The summed E-state index contributed by atoms with van der Waals surface area (Å²) in [6, 6.07) is 8.39. The molecule has 4 heteroatoms. The van der Waals surface area contributed by atoms with Gasteiger partial charge in [0.15, 0.2) is 0 Å². The molecule has 0 saturated heterocycles. The Kier molecular flexibility index (Phi) is 4.18. The van der Waals surface area contributed by atoms with E-state index in [0.717, 1.165) is 23.7 Å². The normalized spacial score (nSPS) is 12.6. The molecular weight excluding hydrogens is 234 g/mol. The van der Waals surface area contributed by atoms with Gasteiger partial charge in [-0.2, -0.15) is 0 Å². The summed E-state index contributed by atoms with van der Waals surface area (Å²) in [7, 11) is 0. The van der Waals surface area contributed by atoms with Gasteiger partial charge in [0.1, 0.15) is 0 Å². The van der Waals surface area contributed by atoms with Crippen LogP contribution in [0.3, 0.4) is 0 Å². The number of hydrogen-bond donors (Lipinski definition) is 2. The van der Waals surface area contributed by atoms with E-state index in [2.05, 4.69) is 28.3 Å². The average molecular weight is 250 g/mol. The molecule has 0 bridgehead atoms. The average Bonchev–Trinajstić information content (AvgIpc) is 2.79. The Labute approximate surface area is 106 Å². The first-order valence-corrected chi connectivity index (χ1v) is 6.07. The lowest BCUT2D eigenvalue weighted by Gasteiger charge is -2.13. The minimum absolute atomic E-state index is 0.400. The molecule has 0 radical (unpaired) electrons. The molecule has 17 heavy (non-hydrogen) atoms. The molecule has 1 aromatic heterocycles. The van der Waals surface area contributed by atoms with Gasteiger partial charge in [-0.05, 0) is 31.0 Å². The standard InChI is InChI=1S/C13H16ClN3/c1-10(16-8-13-7-15-9-17-13)5-11-3-2-4-12(14)6-11/h2-4,6-7,9-10,16H,5,8H2,1H3,(H,15,17). The van der Waals surface area contributed by atoms with Crippen molar-refractivity contribution in [2.75, 3.05) is 0 Å². The first kappa shape index (κ1) is 12.1. The SMILES string of the molecule is CC(Cc1cccc(Cl)c1)NCc1cnc[nH]1. The van der Waals surface area contributed by atoms with E-state index in [1.54, 1.807) is 6.33 Å². The van der Waals surface area contributed by atoms with Crippen molar-refractivity contribution in [2.45, 2.75) is 25.9 Å². The van der Waals surface area contributed by atoms with Crippen LogP contribution in [0.5, 0.6) is 0 Å². The molecule has 1 unspecified atom stereocenters. The summed E-state index contributed by atoms with van der Waals surface area (Å²) in [5.41, 5.74) is 2.35. The number of aromatic amines is 1. The number of halogens is 1. The number of H-pyrrole nitrogens is 1. The zero-order valence-corrected chi connectivity index (χ0v) is 10.5. The van der Waals surface area contributed by atoms with Gasteiger partial charge in [-0.3, -0.25) is 0 Å². The van der Waals surface area contributed by atoms with Gasteiger partial charge in [0.25, 0.3) is 0 Å². The van der Waals surface area contributed by atoms with E-state index in [1.165, 1.54) is 5.56 Å². The summed E-state index contributed by atoms with van der Waals surface area (Å²) in [5, 5.41) is 4.23. The van der Waals surface area contributed by atoms with E-state index in [0.29, 0.717) is 6.04 Å². The van der Waals surface area contributed by atoms with Crippen molar-refractivity contribution in [1.29, 1.82) is 0 Å². The summed E-state index contributed by atoms with van der Waals surface area (Å²) in [6.07, 6.45) is 4.49. The fourth-order valence-electron chi connectivity index (χ4n) is 1.76. The van der Waals surface area contributed by atoms with Crippen molar-refractivity contribution in [2.24, 2.45) is 0 Å². The first-order valence-electron chi connectivity index (χ1n) is 5.69. The fourth-order valence-corrected chi connectivity index (χ4v) is 1.97. The van der Waals surface area contributed by atoms with Crippen molar-refractivity contribution in [3.63, 3.8) is 0 Å². The molecule has 0 fully saturated rings. The van der Waals surface area contributed by atoms with Crippen molar-refractivity contribution in [1.82, 2.24) is 15.3 Å². The number of imidazole rings is 1. The Morgan fingerprint density at radius 2 is 2.35 bits per heavy atom. The molecule has 90 valence electrons. The number of benzene rings is 1. The van der Waals surface area contributed by atoms with Crippen LogP contribution in [0, 0.1) is 0 Å². The minimum atomic E-state index is 0.400. The molecule has 0 spiro atoms. The maximum absolute atomic E-state index is 5.95. The number of nitrogens with one attached hydrogen (secondary N) is 2. The van der Waals surface area contributed by atoms with Crippen LogP contribution >= 0.6 is 11.6 Å². The maximum atomic E-state index is 5.95. The second-order valence-electron chi connectivity index (χ2n) is 4.19. The van der Waals surface area contributed by atoms with Gasteiger partial charge >= 0.3 is 0 Å². The van der Waals surface area contributed by atoms with E-state index in [1.807, 2.05) is 24.4 Å². The molecular formula is C13H16ClN3. The van der Waals surface area contributed by atoms with E-state index in [-0.39, 0.29) is 0 Å². The highest BCUT2D eigenvalue weighted by Crippen LogP contribution is 2.12. The van der Waals surface area contributed by atoms with Gasteiger partial charge in [-0.15, -0.1) is 0 Å². The summed E-state index contributed by atoms with van der Waals surface area (Å²) in [6.45, 7) is 2.97. The Bertz CT molecular complexity index is 453. The molecule has 0 aliphatic carbocycles. The Balaban J connectivity index is 1.83. The Morgan fingerprint density at radius 3 is 3.06 bits per heavy atom. The number of hydrogen-bond acceptors (Lipinski definition) is 2. The zero-order valence-electron chi connectivity index (χ0n) is 9.78. The molecule has 1 heterocycles. The Hall–Kier alpha value is -1.32. The third-order valence-corrected chi connectivity index (χ3v) is 2.86. The topological polar surface area (TPSA) is 40.7 Å². The Morgan fingerprint density at radius 1 is 1.47 bits per heavy atom. The van der Waals surface area contributed by atoms with Crippen LogP contribution in [0.4, 0.5) is 0 Å². The maximum Gasteiger partial charge on any atom is 0.0922 e. The molecule has 3 nitrogen and oxygen atoms in total. The highest BCUT2D eigenvalue weighted by atomic mass is 35.5. The predicted octanol–water partition coefficient (Wildman–Crippen LogP) is 2.78. The fraction of sp³-hybridized carbons (Fsp3) is 0.308. The third kappa shape index (κ3) is 3.88. The van der Waals surface area contributed by atoms with Gasteiger partial charge in [0.05, 0.1) is 6.33 Å². The first-order chi connectivity index (χ1) is 8.24. The van der Waals surface area contributed by atoms with Crippen LogP contribution in [0.1, 0.15) is 18.2 Å². The molecule has 2 N–H and O–H groups in total. The third-order valence-electron chi connectivity index (χ3n) is 2.63.